The van der Waals surface area contributed by atoms with E-state index in [1.54, 1.807) is 18.2 Å². The number of carbonyl (C=O) groups excluding carboxylic acids is 2. The van der Waals surface area contributed by atoms with Crippen LogP contribution in [0.2, 0.25) is 0 Å². The Labute approximate surface area is 214 Å². The van der Waals surface area contributed by atoms with E-state index in [0.717, 1.165) is 22.1 Å². The average Bonchev–Trinajstić information content (AvgIpc) is 2.97. The van der Waals surface area contributed by atoms with Crippen molar-refractivity contribution in [3.05, 3.63) is 149 Å². The molecule has 7 rings (SSSR count). The van der Waals surface area contributed by atoms with E-state index in [2.05, 4.69) is 30.3 Å². The Morgan fingerprint density at radius 1 is 0.622 bits per heavy atom. The number of rotatable bonds is 3. The summed E-state index contributed by atoms with van der Waals surface area (Å²) >= 11 is 0. The molecule has 0 aromatic heterocycles. The molecular formula is C33H21NO3. The molecule has 5 aromatic rings. The highest BCUT2D eigenvalue weighted by molar-refractivity contribution is 6.36. The third-order valence-electron chi connectivity index (χ3n) is 7.19. The second-order valence-electron chi connectivity index (χ2n) is 9.25. The van der Waals surface area contributed by atoms with Crippen LogP contribution in [-0.4, -0.2) is 11.8 Å². The molecule has 0 saturated heterocycles. The van der Waals surface area contributed by atoms with Crippen LogP contribution >= 0.6 is 0 Å². The summed E-state index contributed by atoms with van der Waals surface area (Å²) in [7, 11) is 0. The van der Waals surface area contributed by atoms with Crippen molar-refractivity contribution >= 4 is 34.4 Å². The third-order valence-corrected chi connectivity index (χ3v) is 7.19. The van der Waals surface area contributed by atoms with E-state index in [1.165, 1.54) is 4.90 Å². The number of ether oxygens (including phenoxy) is 1. The van der Waals surface area contributed by atoms with E-state index >= 15 is 0 Å². The van der Waals surface area contributed by atoms with Crippen LogP contribution in [0.4, 0.5) is 5.69 Å². The van der Waals surface area contributed by atoms with Gasteiger partial charge in [0.25, 0.3) is 11.8 Å². The molecular weight excluding hydrogens is 458 g/mol. The maximum atomic E-state index is 13.7. The lowest BCUT2D eigenvalue weighted by Crippen LogP contribution is -2.40. The minimum Gasteiger partial charge on any atom is -0.472 e. The molecule has 0 radical (unpaired) electrons. The molecule has 0 bridgehead atoms. The van der Waals surface area contributed by atoms with Gasteiger partial charge in [-0.25, -0.2) is 4.90 Å². The molecule has 5 aromatic carbocycles. The molecule has 2 heterocycles. The minimum absolute atomic E-state index is 0.334. The molecule has 2 aliphatic rings. The molecule has 0 N–H and O–H groups in total. The van der Waals surface area contributed by atoms with Gasteiger partial charge in [-0.2, -0.15) is 0 Å². The van der Waals surface area contributed by atoms with Crippen LogP contribution in [0.15, 0.2) is 121 Å². The zero-order valence-corrected chi connectivity index (χ0v) is 19.8. The van der Waals surface area contributed by atoms with Gasteiger partial charge < -0.3 is 4.74 Å². The lowest BCUT2D eigenvalue weighted by atomic mass is 9.82. The number of fused-ring (bicyclic) bond motifs is 2. The highest BCUT2D eigenvalue weighted by atomic mass is 16.5. The van der Waals surface area contributed by atoms with Crippen LogP contribution in [-0.2, 0) is 5.60 Å². The molecule has 0 unspecified atom stereocenters. The second kappa shape index (κ2) is 8.04. The van der Waals surface area contributed by atoms with Crippen LogP contribution < -0.4 is 9.64 Å². The van der Waals surface area contributed by atoms with E-state index in [1.807, 2.05) is 78.9 Å². The number of nitrogens with zero attached hydrogens (tertiary/aromatic N) is 1. The van der Waals surface area contributed by atoms with Gasteiger partial charge in [0.2, 0.25) is 0 Å². The van der Waals surface area contributed by atoms with Crippen molar-refractivity contribution in [1.82, 2.24) is 0 Å². The molecule has 4 nitrogen and oxygen atoms in total. The summed E-state index contributed by atoms with van der Waals surface area (Å²) in [5.74, 6) is -0.0124. The van der Waals surface area contributed by atoms with Gasteiger partial charge in [0.15, 0.2) is 5.60 Å². The zero-order chi connectivity index (χ0) is 25.0. The average molecular weight is 480 g/mol. The summed E-state index contributed by atoms with van der Waals surface area (Å²) < 4.78 is 6.94. The monoisotopic (exact) mass is 479 g/mol. The van der Waals surface area contributed by atoms with Crippen LogP contribution in [0.25, 0.3) is 16.8 Å². The van der Waals surface area contributed by atoms with E-state index in [4.69, 9.17) is 4.74 Å². The lowest BCUT2D eigenvalue weighted by molar-refractivity contribution is 0.0893. The first-order valence-corrected chi connectivity index (χ1v) is 12.2. The van der Waals surface area contributed by atoms with Gasteiger partial charge in [0.1, 0.15) is 5.75 Å². The van der Waals surface area contributed by atoms with Crippen molar-refractivity contribution in [2.45, 2.75) is 5.60 Å². The number of para-hydroxylation sites is 1. The van der Waals surface area contributed by atoms with Crippen molar-refractivity contribution in [3.63, 3.8) is 0 Å². The highest BCUT2D eigenvalue weighted by Gasteiger charge is 2.40. The van der Waals surface area contributed by atoms with Gasteiger partial charge in [-0.05, 0) is 30.3 Å². The summed E-state index contributed by atoms with van der Waals surface area (Å²) in [6.45, 7) is 0. The van der Waals surface area contributed by atoms with Crippen LogP contribution in [0.3, 0.4) is 0 Å². The Balaban J connectivity index is 1.46. The van der Waals surface area contributed by atoms with E-state index in [0.29, 0.717) is 28.0 Å². The number of amides is 2. The fourth-order valence-electron chi connectivity index (χ4n) is 5.46. The van der Waals surface area contributed by atoms with Gasteiger partial charge in [-0.3, -0.25) is 9.59 Å². The lowest BCUT2D eigenvalue weighted by Gasteiger charge is -2.37. The van der Waals surface area contributed by atoms with Gasteiger partial charge in [0.05, 0.1) is 5.69 Å². The first kappa shape index (κ1) is 21.3. The Morgan fingerprint density at radius 3 is 1.86 bits per heavy atom. The van der Waals surface area contributed by atoms with Gasteiger partial charge >= 0.3 is 0 Å². The molecule has 2 aliphatic heterocycles. The van der Waals surface area contributed by atoms with Gasteiger partial charge in [-0.15, -0.1) is 0 Å². The smallest absolute Gasteiger partial charge is 0.266 e. The van der Waals surface area contributed by atoms with E-state index in [-0.39, 0.29) is 11.8 Å². The van der Waals surface area contributed by atoms with E-state index in [9.17, 15) is 9.59 Å². The molecule has 0 saturated carbocycles. The summed E-state index contributed by atoms with van der Waals surface area (Å²) in [6.07, 6.45) is 4.08. The standard InChI is InChI=1S/C33H21NO3/c35-31-27-18-10-17-26-29(27)28(32(36)34(31)25-15-8-3-9-16-25)21-22-19-20-33(37-30(22)26,23-11-4-1-5-12-23)24-13-6-2-7-14-24/h1-21H. The van der Waals surface area contributed by atoms with Crippen LogP contribution in [0.1, 0.15) is 37.4 Å². The topological polar surface area (TPSA) is 46.6 Å². The number of benzene rings is 5. The predicted octanol–water partition coefficient (Wildman–Crippen LogP) is 6.99. The normalized spacial score (nSPS) is 15.4. The van der Waals surface area contributed by atoms with Crippen molar-refractivity contribution in [2.75, 3.05) is 4.90 Å². The molecule has 0 atom stereocenters. The molecule has 37 heavy (non-hydrogen) atoms. The molecule has 176 valence electrons. The molecule has 4 heteroatoms. The number of hydrogen-bond donors (Lipinski definition) is 0. The minimum atomic E-state index is -0.853. The quantitative estimate of drug-likeness (QED) is 0.262. The summed E-state index contributed by atoms with van der Waals surface area (Å²) in [5.41, 5.74) is 3.47. The Bertz CT molecular complexity index is 1680. The van der Waals surface area contributed by atoms with E-state index < -0.39 is 5.60 Å². The zero-order valence-electron chi connectivity index (χ0n) is 19.8. The van der Waals surface area contributed by atoms with Crippen molar-refractivity contribution in [3.8, 4) is 5.75 Å². The largest absolute Gasteiger partial charge is 0.472 e. The highest BCUT2D eigenvalue weighted by Crippen LogP contribution is 2.47. The first-order valence-electron chi connectivity index (χ1n) is 12.2. The predicted molar refractivity (Wildman–Crippen MR) is 145 cm³/mol. The van der Waals surface area contributed by atoms with Crippen LogP contribution in [0.5, 0.6) is 5.75 Å². The Kier molecular flexibility index (Phi) is 4.63. The molecule has 2 amide bonds. The molecule has 0 fully saturated rings. The van der Waals surface area contributed by atoms with Crippen molar-refractivity contribution in [1.29, 1.82) is 0 Å². The number of anilines is 1. The van der Waals surface area contributed by atoms with Gasteiger partial charge in [-0.1, -0.05) is 97.1 Å². The maximum Gasteiger partial charge on any atom is 0.266 e. The molecule has 0 spiro atoms. The van der Waals surface area contributed by atoms with Gasteiger partial charge in [0, 0.05) is 38.6 Å². The van der Waals surface area contributed by atoms with Crippen LogP contribution in [0, 0.1) is 0 Å². The first-order chi connectivity index (χ1) is 18.2. The fourth-order valence-corrected chi connectivity index (χ4v) is 5.46. The third kappa shape index (κ3) is 3.09. The Morgan fingerprint density at radius 2 is 1.22 bits per heavy atom. The number of carbonyl (C=O) groups is 2. The maximum absolute atomic E-state index is 13.7. The SMILES string of the molecule is O=C1c2cccc3c4c(cc(c23)C(=O)N1c1ccccc1)C=CC(c1ccccc1)(c1ccccc1)O4. The number of imide groups is 1. The molecule has 0 aliphatic carbocycles. The van der Waals surface area contributed by atoms with Crippen molar-refractivity contribution < 1.29 is 14.3 Å². The fraction of sp³-hybridized carbons (Fsp3) is 0.0303. The van der Waals surface area contributed by atoms with Crippen molar-refractivity contribution in [2.24, 2.45) is 0 Å². The number of hydrogen-bond acceptors (Lipinski definition) is 3. The Hall–Kier alpha value is -4.96. The summed E-state index contributed by atoms with van der Waals surface area (Å²) in [5, 5.41) is 1.38. The summed E-state index contributed by atoms with van der Waals surface area (Å²) in [6, 6.07) is 36.7. The second-order valence-corrected chi connectivity index (χ2v) is 9.25. The summed E-state index contributed by atoms with van der Waals surface area (Å²) in [4.78, 5) is 28.6.